The number of unbranched alkanes of at least 4 members (excludes halogenated alkanes) is 2. The number of hydrogen-bond donors (Lipinski definition) is 3. The normalized spacial score (nSPS) is 10.2. The molecule has 1 aromatic heterocycles. The number of aromatic nitrogens is 1. The number of carboxylic acids is 1. The molecule has 0 radical (unpaired) electrons. The molecule has 0 fully saturated rings. The van der Waals surface area contributed by atoms with E-state index in [1.54, 1.807) is 19.1 Å². The first-order chi connectivity index (χ1) is 8.15. The summed E-state index contributed by atoms with van der Waals surface area (Å²) in [5.41, 5.74) is 0.744. The van der Waals surface area contributed by atoms with Gasteiger partial charge < -0.3 is 15.5 Å². The van der Waals surface area contributed by atoms with Crippen LogP contribution < -0.4 is 5.32 Å². The van der Waals surface area contributed by atoms with Gasteiger partial charge in [0.15, 0.2) is 0 Å². The molecule has 1 aromatic rings. The van der Waals surface area contributed by atoms with Gasteiger partial charge in [-0.15, -0.1) is 0 Å². The summed E-state index contributed by atoms with van der Waals surface area (Å²) in [7, 11) is 0. The summed E-state index contributed by atoms with van der Waals surface area (Å²) in [5.74, 6) is -0.263. The average Bonchev–Trinajstić information content (AvgIpc) is 2.28. The third kappa shape index (κ3) is 4.40. The molecule has 0 unspecified atom stereocenters. The molecule has 0 bridgehead atoms. The summed E-state index contributed by atoms with van der Waals surface area (Å²) >= 11 is 0. The maximum atomic E-state index is 10.8. The molecule has 0 aromatic carbocycles. The molecule has 0 aliphatic carbocycles. The molecule has 5 nitrogen and oxygen atoms in total. The zero-order valence-electron chi connectivity index (χ0n) is 9.94. The van der Waals surface area contributed by atoms with E-state index in [2.05, 4.69) is 10.3 Å². The minimum absolute atomic E-state index is 0.227. The van der Waals surface area contributed by atoms with Crippen molar-refractivity contribution in [2.45, 2.75) is 26.2 Å². The molecule has 5 heteroatoms. The second-order valence-corrected chi connectivity index (χ2v) is 3.85. The molecule has 0 saturated carbocycles. The van der Waals surface area contributed by atoms with Gasteiger partial charge in [-0.3, -0.25) is 0 Å². The van der Waals surface area contributed by atoms with Crippen molar-refractivity contribution in [3.63, 3.8) is 0 Å². The average molecular weight is 238 g/mol. The predicted molar refractivity (Wildman–Crippen MR) is 65.4 cm³/mol. The highest BCUT2D eigenvalue weighted by Gasteiger charge is 2.07. The van der Waals surface area contributed by atoms with Gasteiger partial charge in [0.25, 0.3) is 0 Å². The van der Waals surface area contributed by atoms with Gasteiger partial charge >= 0.3 is 5.97 Å². The highest BCUT2D eigenvalue weighted by molar-refractivity contribution is 5.89. The van der Waals surface area contributed by atoms with Crippen LogP contribution in [0.15, 0.2) is 12.1 Å². The molecule has 3 N–H and O–H groups in total. The van der Waals surface area contributed by atoms with Crippen LogP contribution in [0.2, 0.25) is 0 Å². The monoisotopic (exact) mass is 238 g/mol. The smallest absolute Gasteiger partial charge is 0.337 e. The van der Waals surface area contributed by atoms with Crippen molar-refractivity contribution in [3.05, 3.63) is 23.4 Å². The van der Waals surface area contributed by atoms with Crippen molar-refractivity contribution in [1.82, 2.24) is 4.98 Å². The first-order valence-electron chi connectivity index (χ1n) is 5.71. The lowest BCUT2D eigenvalue weighted by Gasteiger charge is -2.07. The highest BCUT2D eigenvalue weighted by atomic mass is 16.4. The number of hydrogen-bond acceptors (Lipinski definition) is 4. The number of aromatic carboxylic acids is 1. The van der Waals surface area contributed by atoms with Gasteiger partial charge in [-0.05, 0) is 38.3 Å². The quantitative estimate of drug-likeness (QED) is 0.629. The number of rotatable bonds is 7. The zero-order valence-corrected chi connectivity index (χ0v) is 9.94. The van der Waals surface area contributed by atoms with E-state index in [9.17, 15) is 4.79 Å². The lowest BCUT2D eigenvalue weighted by Crippen LogP contribution is -2.07. The number of aliphatic hydroxyl groups excluding tert-OH is 1. The fourth-order valence-corrected chi connectivity index (χ4v) is 1.52. The molecule has 94 valence electrons. The topological polar surface area (TPSA) is 82.5 Å². The maximum Gasteiger partial charge on any atom is 0.337 e. The molecular weight excluding hydrogens is 220 g/mol. The number of anilines is 1. The Morgan fingerprint density at radius 3 is 2.71 bits per heavy atom. The Labute approximate surface area is 101 Å². The second-order valence-electron chi connectivity index (χ2n) is 3.85. The van der Waals surface area contributed by atoms with Crippen LogP contribution in [0.25, 0.3) is 0 Å². The van der Waals surface area contributed by atoms with Crippen LogP contribution >= 0.6 is 0 Å². The van der Waals surface area contributed by atoms with Crippen LogP contribution in [0.5, 0.6) is 0 Å². The molecule has 0 saturated heterocycles. The van der Waals surface area contributed by atoms with Crippen molar-refractivity contribution in [2.24, 2.45) is 0 Å². The maximum absolute atomic E-state index is 10.8. The van der Waals surface area contributed by atoms with Crippen molar-refractivity contribution < 1.29 is 15.0 Å². The molecule has 0 amide bonds. The van der Waals surface area contributed by atoms with Crippen molar-refractivity contribution in [1.29, 1.82) is 0 Å². The Morgan fingerprint density at radius 2 is 2.12 bits per heavy atom. The summed E-state index contributed by atoms with van der Waals surface area (Å²) < 4.78 is 0. The number of carboxylic acid groups (broad SMARTS) is 1. The molecule has 0 aliphatic heterocycles. The van der Waals surface area contributed by atoms with Crippen molar-refractivity contribution in [3.8, 4) is 0 Å². The fraction of sp³-hybridized carbons (Fsp3) is 0.500. The summed E-state index contributed by atoms with van der Waals surface area (Å²) in [6, 6.07) is 3.23. The largest absolute Gasteiger partial charge is 0.478 e. The van der Waals surface area contributed by atoms with E-state index < -0.39 is 5.97 Å². The van der Waals surface area contributed by atoms with Crippen LogP contribution in [-0.2, 0) is 0 Å². The molecule has 0 atom stereocenters. The number of aryl methyl sites for hydroxylation is 1. The van der Waals surface area contributed by atoms with Crippen LogP contribution in [0, 0.1) is 6.92 Å². The van der Waals surface area contributed by atoms with Gasteiger partial charge in [0.1, 0.15) is 5.82 Å². The Bertz CT molecular complexity index is 380. The van der Waals surface area contributed by atoms with Gasteiger partial charge in [-0.2, -0.15) is 0 Å². The minimum Gasteiger partial charge on any atom is -0.478 e. The van der Waals surface area contributed by atoms with Gasteiger partial charge in [0.2, 0.25) is 0 Å². The Morgan fingerprint density at radius 1 is 1.35 bits per heavy atom. The first kappa shape index (κ1) is 13.4. The van der Waals surface area contributed by atoms with Crippen LogP contribution in [-0.4, -0.2) is 34.3 Å². The van der Waals surface area contributed by atoms with Gasteiger partial charge in [0, 0.05) is 13.2 Å². The first-order valence-corrected chi connectivity index (χ1v) is 5.71. The summed E-state index contributed by atoms with van der Waals surface area (Å²) in [5, 5.41) is 20.6. The highest BCUT2D eigenvalue weighted by Crippen LogP contribution is 2.10. The number of pyridine rings is 1. The minimum atomic E-state index is -0.954. The molecule has 0 spiro atoms. The Hall–Kier alpha value is -1.62. The van der Waals surface area contributed by atoms with E-state index in [-0.39, 0.29) is 12.2 Å². The summed E-state index contributed by atoms with van der Waals surface area (Å²) in [6.45, 7) is 2.68. The van der Waals surface area contributed by atoms with Crippen LogP contribution in [0.3, 0.4) is 0 Å². The number of nitrogens with zero attached hydrogens (tertiary/aromatic N) is 1. The van der Waals surface area contributed by atoms with E-state index in [4.69, 9.17) is 10.2 Å². The Kier molecular flexibility index (Phi) is 5.42. The van der Waals surface area contributed by atoms with E-state index in [0.29, 0.717) is 11.5 Å². The molecule has 0 aliphatic rings. The predicted octanol–water partition coefficient (Wildman–Crippen LogP) is 1.66. The van der Waals surface area contributed by atoms with Crippen LogP contribution in [0.4, 0.5) is 5.82 Å². The molecule has 17 heavy (non-hydrogen) atoms. The lowest BCUT2D eigenvalue weighted by atomic mass is 10.2. The van der Waals surface area contributed by atoms with Gasteiger partial charge in [-0.1, -0.05) is 0 Å². The van der Waals surface area contributed by atoms with E-state index in [1.807, 2.05) is 0 Å². The molecular formula is C12H18N2O3. The van der Waals surface area contributed by atoms with Crippen molar-refractivity contribution >= 4 is 11.8 Å². The fourth-order valence-electron chi connectivity index (χ4n) is 1.52. The third-order valence-electron chi connectivity index (χ3n) is 2.46. The van der Waals surface area contributed by atoms with Crippen LogP contribution in [0.1, 0.15) is 35.3 Å². The number of carbonyl (C=O) groups is 1. The lowest BCUT2D eigenvalue weighted by molar-refractivity contribution is 0.0695. The summed E-state index contributed by atoms with van der Waals surface area (Å²) in [6.07, 6.45) is 2.74. The van der Waals surface area contributed by atoms with Gasteiger partial charge in [0.05, 0.1) is 11.3 Å². The van der Waals surface area contributed by atoms with E-state index in [1.165, 1.54) is 0 Å². The van der Waals surface area contributed by atoms with Crippen molar-refractivity contribution in [2.75, 3.05) is 18.5 Å². The standard InChI is InChI=1S/C12H18N2O3/c1-9-10(12(16)17)5-6-11(14-9)13-7-3-2-4-8-15/h5-6,15H,2-4,7-8H2,1H3,(H,13,14)(H,16,17). The zero-order chi connectivity index (χ0) is 12.7. The molecule has 1 rings (SSSR count). The third-order valence-corrected chi connectivity index (χ3v) is 2.46. The Balaban J connectivity index is 2.45. The number of nitrogens with one attached hydrogen (secondary N) is 1. The SMILES string of the molecule is Cc1nc(NCCCCCO)ccc1C(=O)O. The van der Waals surface area contributed by atoms with E-state index >= 15 is 0 Å². The molecule has 1 heterocycles. The second kappa shape index (κ2) is 6.85. The summed E-state index contributed by atoms with van der Waals surface area (Å²) in [4.78, 5) is 15.0. The van der Waals surface area contributed by atoms with Gasteiger partial charge in [-0.25, -0.2) is 9.78 Å². The number of aliphatic hydroxyl groups is 1. The van der Waals surface area contributed by atoms with E-state index in [0.717, 1.165) is 25.8 Å².